The van der Waals surface area contributed by atoms with Crippen LogP contribution in [0.15, 0.2) is 18.2 Å². The van der Waals surface area contributed by atoms with Gasteiger partial charge in [-0.25, -0.2) is 4.79 Å². The summed E-state index contributed by atoms with van der Waals surface area (Å²) in [5.74, 6) is 0.448. The number of aromatic nitrogens is 1. The van der Waals surface area contributed by atoms with E-state index in [1.807, 2.05) is 55.7 Å². The van der Waals surface area contributed by atoms with E-state index in [0.717, 1.165) is 22.3 Å². The first kappa shape index (κ1) is 18.3. The standard InChI is InChI=1S/C16H22N2O3.ClH/c1-11-15(16(19)21-9-8-17(2)3)13-10-12(20-5)6-7-14(13)18(11)4;/h6-7,10H,8-9H2,1-5H3;1H/p-1. The number of carbonyl (C=O) groups excluding carboxylic acids is 1. The number of hydrogen-bond donors (Lipinski definition) is 0. The molecule has 2 rings (SSSR count). The molecule has 0 radical (unpaired) electrons. The maximum atomic E-state index is 12.4. The van der Waals surface area contributed by atoms with Crippen molar-refractivity contribution in [1.82, 2.24) is 9.47 Å². The number of halogens is 1. The first-order chi connectivity index (χ1) is 9.95. The third-order valence-corrected chi connectivity index (χ3v) is 3.68. The number of nitrogens with zero attached hydrogens (tertiary/aromatic N) is 2. The third-order valence-electron chi connectivity index (χ3n) is 3.68. The molecule has 0 aliphatic heterocycles. The van der Waals surface area contributed by atoms with Crippen molar-refractivity contribution in [1.29, 1.82) is 0 Å². The SMILES string of the molecule is COc1ccc2c(c1)c(C(=O)OCCN(C)C)c(C)n2C.[Cl-]. The Morgan fingerprint density at radius 3 is 2.59 bits per heavy atom. The summed E-state index contributed by atoms with van der Waals surface area (Å²) >= 11 is 0. The molecule has 0 N–H and O–H groups in total. The molecule has 0 atom stereocenters. The van der Waals surface area contributed by atoms with Crippen LogP contribution in [0.25, 0.3) is 10.9 Å². The van der Waals surface area contributed by atoms with Crippen LogP contribution in [0.2, 0.25) is 0 Å². The highest BCUT2D eigenvalue weighted by Gasteiger charge is 2.20. The molecule has 0 saturated heterocycles. The fourth-order valence-corrected chi connectivity index (χ4v) is 2.33. The lowest BCUT2D eigenvalue weighted by molar-refractivity contribution is -0.0000244. The smallest absolute Gasteiger partial charge is 0.340 e. The summed E-state index contributed by atoms with van der Waals surface area (Å²) in [7, 11) is 7.45. The van der Waals surface area contributed by atoms with Crippen molar-refractivity contribution >= 4 is 16.9 Å². The van der Waals surface area contributed by atoms with Crippen LogP contribution in [0.4, 0.5) is 0 Å². The molecule has 22 heavy (non-hydrogen) atoms. The zero-order valence-electron chi connectivity index (χ0n) is 13.6. The number of methoxy groups -OCH3 is 1. The van der Waals surface area contributed by atoms with E-state index in [0.29, 0.717) is 18.7 Å². The van der Waals surface area contributed by atoms with Crippen LogP contribution in [-0.2, 0) is 11.8 Å². The van der Waals surface area contributed by atoms with Crippen LogP contribution in [0.3, 0.4) is 0 Å². The molecule has 0 bridgehead atoms. The summed E-state index contributed by atoms with van der Waals surface area (Å²) in [4.78, 5) is 14.4. The Morgan fingerprint density at radius 1 is 1.32 bits per heavy atom. The number of ether oxygens (including phenoxy) is 2. The van der Waals surface area contributed by atoms with E-state index in [2.05, 4.69) is 0 Å². The number of aryl methyl sites for hydroxylation is 1. The van der Waals surface area contributed by atoms with E-state index in [1.165, 1.54) is 0 Å². The molecule has 0 spiro atoms. The minimum absolute atomic E-state index is 0. The molecule has 1 heterocycles. The van der Waals surface area contributed by atoms with Crippen LogP contribution >= 0.6 is 0 Å². The van der Waals surface area contributed by atoms with Gasteiger partial charge in [0.05, 0.1) is 12.7 Å². The van der Waals surface area contributed by atoms with Gasteiger partial charge in [0.2, 0.25) is 0 Å². The number of likely N-dealkylation sites (N-methyl/N-ethyl adjacent to an activating group) is 1. The van der Waals surface area contributed by atoms with E-state index in [-0.39, 0.29) is 18.4 Å². The molecule has 0 unspecified atom stereocenters. The molecule has 0 aliphatic carbocycles. The third kappa shape index (κ3) is 3.54. The monoisotopic (exact) mass is 325 g/mol. The maximum Gasteiger partial charge on any atom is 0.340 e. The second-order valence-corrected chi connectivity index (χ2v) is 5.34. The number of rotatable bonds is 5. The number of esters is 1. The van der Waals surface area contributed by atoms with Gasteiger partial charge >= 0.3 is 5.97 Å². The highest BCUT2D eigenvalue weighted by Crippen LogP contribution is 2.29. The van der Waals surface area contributed by atoms with Crippen molar-refractivity contribution < 1.29 is 26.7 Å². The lowest BCUT2D eigenvalue weighted by Crippen LogP contribution is -3.00. The Balaban J connectivity index is 0.00000242. The zero-order valence-corrected chi connectivity index (χ0v) is 14.4. The lowest BCUT2D eigenvalue weighted by atomic mass is 10.1. The Labute approximate surface area is 137 Å². The molecule has 1 aromatic heterocycles. The van der Waals surface area contributed by atoms with Crippen LogP contribution < -0.4 is 17.1 Å². The van der Waals surface area contributed by atoms with Crippen molar-refractivity contribution in [3.8, 4) is 5.75 Å². The van der Waals surface area contributed by atoms with Crippen molar-refractivity contribution in [2.75, 3.05) is 34.4 Å². The van der Waals surface area contributed by atoms with E-state index >= 15 is 0 Å². The Morgan fingerprint density at radius 2 is 2.00 bits per heavy atom. The first-order valence-corrected chi connectivity index (χ1v) is 6.90. The summed E-state index contributed by atoms with van der Waals surface area (Å²) < 4.78 is 12.6. The first-order valence-electron chi connectivity index (χ1n) is 6.90. The molecule has 122 valence electrons. The number of fused-ring (bicyclic) bond motifs is 1. The van der Waals surface area contributed by atoms with E-state index in [1.54, 1.807) is 7.11 Å². The normalized spacial score (nSPS) is 10.6. The second-order valence-electron chi connectivity index (χ2n) is 5.34. The minimum Gasteiger partial charge on any atom is -1.00 e. The summed E-state index contributed by atoms with van der Waals surface area (Å²) in [6, 6.07) is 5.73. The maximum absolute atomic E-state index is 12.4. The molecule has 1 aromatic carbocycles. The van der Waals surface area contributed by atoms with Crippen molar-refractivity contribution in [3.05, 3.63) is 29.5 Å². The van der Waals surface area contributed by atoms with Crippen LogP contribution in [0.1, 0.15) is 16.1 Å². The Kier molecular flexibility index (Phi) is 6.26. The van der Waals surface area contributed by atoms with Gasteiger partial charge in [-0.15, -0.1) is 0 Å². The Hall–Kier alpha value is -1.72. The number of hydrogen-bond acceptors (Lipinski definition) is 4. The fourth-order valence-electron chi connectivity index (χ4n) is 2.33. The largest absolute Gasteiger partial charge is 1.00 e. The molecule has 0 amide bonds. The number of carbonyl (C=O) groups is 1. The predicted molar refractivity (Wildman–Crippen MR) is 83.0 cm³/mol. The van der Waals surface area contributed by atoms with Gasteiger partial charge in [0.25, 0.3) is 0 Å². The van der Waals surface area contributed by atoms with Gasteiger partial charge in [0, 0.05) is 30.2 Å². The Bertz CT molecular complexity index is 665. The summed E-state index contributed by atoms with van der Waals surface area (Å²) in [5.41, 5.74) is 2.51. The average molecular weight is 326 g/mol. The topological polar surface area (TPSA) is 43.7 Å². The van der Waals surface area contributed by atoms with Crippen LogP contribution in [-0.4, -0.2) is 49.8 Å². The van der Waals surface area contributed by atoms with Gasteiger partial charge in [0.1, 0.15) is 12.4 Å². The van der Waals surface area contributed by atoms with Crippen molar-refractivity contribution in [2.45, 2.75) is 6.92 Å². The highest BCUT2D eigenvalue weighted by molar-refractivity contribution is 6.06. The van der Waals surface area contributed by atoms with E-state index < -0.39 is 0 Å². The van der Waals surface area contributed by atoms with Gasteiger partial charge in [-0.1, -0.05) is 0 Å². The lowest BCUT2D eigenvalue weighted by Gasteiger charge is -2.10. The quantitative estimate of drug-likeness (QED) is 0.676. The zero-order chi connectivity index (χ0) is 15.6. The van der Waals surface area contributed by atoms with Gasteiger partial charge in [-0.2, -0.15) is 0 Å². The van der Waals surface area contributed by atoms with Gasteiger partial charge in [-0.3, -0.25) is 0 Å². The van der Waals surface area contributed by atoms with Gasteiger partial charge in [0.15, 0.2) is 0 Å². The molecule has 0 aliphatic rings. The van der Waals surface area contributed by atoms with E-state index in [9.17, 15) is 4.79 Å². The minimum atomic E-state index is -0.284. The second kappa shape index (κ2) is 7.51. The molecular weight excluding hydrogens is 304 g/mol. The van der Waals surface area contributed by atoms with Gasteiger partial charge in [-0.05, 0) is 39.2 Å². The van der Waals surface area contributed by atoms with E-state index in [4.69, 9.17) is 9.47 Å². The fraction of sp³-hybridized carbons (Fsp3) is 0.438. The molecular formula is C16H22ClN2O3-. The molecule has 0 fully saturated rings. The summed E-state index contributed by atoms with van der Waals surface area (Å²) in [6.07, 6.45) is 0. The highest BCUT2D eigenvalue weighted by atomic mass is 35.5. The summed E-state index contributed by atoms with van der Waals surface area (Å²) in [6.45, 7) is 3.01. The van der Waals surface area contributed by atoms with Gasteiger partial charge < -0.3 is 31.3 Å². The molecule has 6 heteroatoms. The summed E-state index contributed by atoms with van der Waals surface area (Å²) in [5, 5.41) is 0.865. The molecule has 2 aromatic rings. The van der Waals surface area contributed by atoms with Crippen molar-refractivity contribution in [2.24, 2.45) is 7.05 Å². The van der Waals surface area contributed by atoms with Crippen LogP contribution in [0.5, 0.6) is 5.75 Å². The predicted octanol–water partition coefficient (Wildman–Crippen LogP) is -0.782. The molecule has 0 saturated carbocycles. The van der Waals surface area contributed by atoms with Crippen LogP contribution in [0, 0.1) is 6.92 Å². The number of benzene rings is 1. The molecule has 5 nitrogen and oxygen atoms in total. The van der Waals surface area contributed by atoms with Crippen molar-refractivity contribution in [3.63, 3.8) is 0 Å². The average Bonchev–Trinajstić information content (AvgIpc) is 2.70.